The summed E-state index contributed by atoms with van der Waals surface area (Å²) in [6.45, 7) is 9.23. The maximum Gasteiger partial charge on any atom is 0.223 e. The molecule has 14 heavy (non-hydrogen) atoms. The third kappa shape index (κ3) is 2.98. The largest absolute Gasteiger partial charge is 0.337 e. The van der Waals surface area contributed by atoms with Gasteiger partial charge in [0.1, 0.15) is 0 Å². The van der Waals surface area contributed by atoms with Gasteiger partial charge in [-0.25, -0.2) is 0 Å². The fraction of sp³-hybridized carbons (Fsp3) is 0.909. The highest BCUT2D eigenvalue weighted by Gasteiger charge is 2.25. The lowest BCUT2D eigenvalue weighted by Gasteiger charge is -2.38. The first-order chi connectivity index (χ1) is 6.50. The molecule has 1 saturated heterocycles. The Morgan fingerprint density at radius 3 is 2.57 bits per heavy atom. The van der Waals surface area contributed by atoms with Gasteiger partial charge in [0.05, 0.1) is 0 Å². The molecule has 1 aliphatic heterocycles. The zero-order chi connectivity index (χ0) is 10.7. The van der Waals surface area contributed by atoms with Crippen molar-refractivity contribution in [3.63, 3.8) is 0 Å². The van der Waals surface area contributed by atoms with Crippen LogP contribution in [0.25, 0.3) is 0 Å². The minimum atomic E-state index is 0.320. The predicted octanol–water partition coefficient (Wildman–Crippen LogP) is 1.19. The minimum Gasteiger partial charge on any atom is -0.337 e. The second-order valence-electron chi connectivity index (χ2n) is 4.80. The van der Waals surface area contributed by atoms with E-state index in [1.807, 2.05) is 4.90 Å². The first-order valence-electron chi connectivity index (χ1n) is 5.48. The van der Waals surface area contributed by atoms with Crippen LogP contribution in [0.3, 0.4) is 0 Å². The van der Waals surface area contributed by atoms with Crippen LogP contribution in [-0.4, -0.2) is 48.4 Å². The van der Waals surface area contributed by atoms with E-state index in [1.165, 1.54) is 0 Å². The van der Waals surface area contributed by atoms with Crippen molar-refractivity contribution in [2.75, 3.05) is 26.7 Å². The molecule has 0 bridgehead atoms. The highest BCUT2D eigenvalue weighted by atomic mass is 16.2. The second kappa shape index (κ2) is 4.78. The first kappa shape index (κ1) is 11.5. The van der Waals surface area contributed by atoms with E-state index < -0.39 is 0 Å². The van der Waals surface area contributed by atoms with Crippen molar-refractivity contribution in [2.45, 2.75) is 33.2 Å². The van der Waals surface area contributed by atoms with Crippen molar-refractivity contribution in [2.24, 2.45) is 5.92 Å². The van der Waals surface area contributed by atoms with E-state index in [9.17, 15) is 4.79 Å². The SMILES string of the molecule is CC(C)CC(=O)N1CCN(C)CC1C. The Kier molecular flexibility index (Phi) is 3.93. The highest BCUT2D eigenvalue weighted by Crippen LogP contribution is 2.12. The molecule has 82 valence electrons. The van der Waals surface area contributed by atoms with E-state index in [-0.39, 0.29) is 0 Å². The molecule has 1 fully saturated rings. The van der Waals surface area contributed by atoms with Crippen molar-refractivity contribution in [1.29, 1.82) is 0 Å². The third-order valence-corrected chi connectivity index (χ3v) is 2.73. The summed E-state index contributed by atoms with van der Waals surface area (Å²) in [5, 5.41) is 0. The summed E-state index contributed by atoms with van der Waals surface area (Å²) >= 11 is 0. The Hall–Kier alpha value is -0.570. The molecular weight excluding hydrogens is 176 g/mol. The molecule has 0 aromatic carbocycles. The van der Waals surface area contributed by atoms with Crippen molar-refractivity contribution < 1.29 is 4.79 Å². The maximum absolute atomic E-state index is 11.8. The van der Waals surface area contributed by atoms with Gasteiger partial charge < -0.3 is 9.80 Å². The van der Waals surface area contributed by atoms with Gasteiger partial charge in [-0.3, -0.25) is 4.79 Å². The molecule has 1 heterocycles. The summed E-state index contributed by atoms with van der Waals surface area (Å²) in [5.41, 5.74) is 0. The molecule has 3 nitrogen and oxygen atoms in total. The predicted molar refractivity (Wildman–Crippen MR) is 58.1 cm³/mol. The van der Waals surface area contributed by atoms with Crippen molar-refractivity contribution in [3.8, 4) is 0 Å². The normalized spacial score (nSPS) is 24.4. The van der Waals surface area contributed by atoms with E-state index in [0.29, 0.717) is 24.3 Å². The van der Waals surface area contributed by atoms with Gasteiger partial charge in [0, 0.05) is 32.1 Å². The Balaban J connectivity index is 2.47. The molecule has 0 radical (unpaired) electrons. The molecule has 1 atom stereocenters. The summed E-state index contributed by atoms with van der Waals surface area (Å²) in [6.07, 6.45) is 0.689. The fourth-order valence-corrected chi connectivity index (χ4v) is 1.98. The molecular formula is C11H22N2O. The maximum atomic E-state index is 11.8. The minimum absolute atomic E-state index is 0.320. The number of carbonyl (C=O) groups excluding carboxylic acids is 1. The molecule has 1 aliphatic rings. The Morgan fingerprint density at radius 2 is 2.07 bits per heavy atom. The van der Waals surface area contributed by atoms with Crippen LogP contribution in [0.4, 0.5) is 0 Å². The molecule has 1 unspecified atom stereocenters. The number of carbonyl (C=O) groups is 1. The van der Waals surface area contributed by atoms with Gasteiger partial charge in [-0.15, -0.1) is 0 Å². The number of hydrogen-bond acceptors (Lipinski definition) is 2. The third-order valence-electron chi connectivity index (χ3n) is 2.73. The van der Waals surface area contributed by atoms with Gasteiger partial charge in [-0.2, -0.15) is 0 Å². The summed E-state index contributed by atoms with van der Waals surface area (Å²) < 4.78 is 0. The van der Waals surface area contributed by atoms with E-state index in [2.05, 4.69) is 32.7 Å². The van der Waals surface area contributed by atoms with Crippen LogP contribution in [0.5, 0.6) is 0 Å². The van der Waals surface area contributed by atoms with E-state index in [4.69, 9.17) is 0 Å². The lowest BCUT2D eigenvalue weighted by Crippen LogP contribution is -2.52. The zero-order valence-electron chi connectivity index (χ0n) is 9.79. The smallest absolute Gasteiger partial charge is 0.223 e. The Bertz CT molecular complexity index is 203. The molecule has 0 saturated carbocycles. The van der Waals surface area contributed by atoms with Crippen molar-refractivity contribution in [3.05, 3.63) is 0 Å². The number of hydrogen-bond donors (Lipinski definition) is 0. The van der Waals surface area contributed by atoms with Crippen LogP contribution >= 0.6 is 0 Å². The summed E-state index contributed by atoms with van der Waals surface area (Å²) in [6, 6.07) is 0.375. The van der Waals surface area contributed by atoms with Crippen LogP contribution < -0.4 is 0 Å². The highest BCUT2D eigenvalue weighted by molar-refractivity contribution is 5.76. The molecule has 0 aromatic rings. The van der Waals surface area contributed by atoms with Gasteiger partial charge in [0.15, 0.2) is 0 Å². The lowest BCUT2D eigenvalue weighted by atomic mass is 10.1. The topological polar surface area (TPSA) is 23.6 Å². The zero-order valence-corrected chi connectivity index (χ0v) is 9.79. The second-order valence-corrected chi connectivity index (χ2v) is 4.80. The Labute approximate surface area is 87.1 Å². The van der Waals surface area contributed by atoms with Crippen LogP contribution in [0.15, 0.2) is 0 Å². The molecule has 3 heteroatoms. The van der Waals surface area contributed by atoms with Crippen LogP contribution in [0.2, 0.25) is 0 Å². The van der Waals surface area contributed by atoms with E-state index in [0.717, 1.165) is 19.6 Å². The number of nitrogens with zero attached hydrogens (tertiary/aromatic N) is 2. The number of piperazine rings is 1. The monoisotopic (exact) mass is 198 g/mol. The summed E-state index contributed by atoms with van der Waals surface area (Å²) in [4.78, 5) is 16.1. The standard InChI is InChI=1S/C11H22N2O/c1-9(2)7-11(14)13-6-5-12(4)8-10(13)3/h9-10H,5-8H2,1-4H3. The molecule has 0 N–H and O–H groups in total. The van der Waals surface area contributed by atoms with Gasteiger partial charge >= 0.3 is 0 Å². The van der Waals surface area contributed by atoms with Gasteiger partial charge in [0.25, 0.3) is 0 Å². The van der Waals surface area contributed by atoms with Crippen LogP contribution in [0, 0.1) is 5.92 Å². The summed E-state index contributed by atoms with van der Waals surface area (Å²) in [7, 11) is 2.11. The molecule has 0 aliphatic carbocycles. The average Bonchev–Trinajstić information content (AvgIpc) is 2.01. The molecule has 0 aromatic heterocycles. The molecule has 0 spiro atoms. The summed E-state index contributed by atoms with van der Waals surface area (Å²) in [5.74, 6) is 0.787. The molecule has 1 rings (SSSR count). The van der Waals surface area contributed by atoms with E-state index in [1.54, 1.807) is 0 Å². The lowest BCUT2D eigenvalue weighted by molar-refractivity contribution is -0.136. The Morgan fingerprint density at radius 1 is 1.43 bits per heavy atom. The first-order valence-corrected chi connectivity index (χ1v) is 5.48. The van der Waals surface area contributed by atoms with Crippen molar-refractivity contribution >= 4 is 5.91 Å². The van der Waals surface area contributed by atoms with E-state index >= 15 is 0 Å². The van der Waals surface area contributed by atoms with Crippen LogP contribution in [0.1, 0.15) is 27.2 Å². The quantitative estimate of drug-likeness (QED) is 0.665. The number of amides is 1. The number of rotatable bonds is 2. The molecule has 1 amide bonds. The van der Waals surface area contributed by atoms with Gasteiger partial charge in [-0.05, 0) is 19.9 Å². The van der Waals surface area contributed by atoms with Crippen LogP contribution in [-0.2, 0) is 4.79 Å². The average molecular weight is 198 g/mol. The number of likely N-dealkylation sites (N-methyl/N-ethyl adjacent to an activating group) is 1. The van der Waals surface area contributed by atoms with Gasteiger partial charge in [-0.1, -0.05) is 13.8 Å². The van der Waals surface area contributed by atoms with Crippen molar-refractivity contribution in [1.82, 2.24) is 9.80 Å². The van der Waals surface area contributed by atoms with Gasteiger partial charge in [0.2, 0.25) is 5.91 Å². The fourth-order valence-electron chi connectivity index (χ4n) is 1.98.